The number of aromatic amines is 1. The number of aromatic nitrogens is 2. The molecule has 31 heavy (non-hydrogen) atoms. The summed E-state index contributed by atoms with van der Waals surface area (Å²) >= 11 is 0. The maximum absolute atomic E-state index is 13.4. The number of nitrogens with zero attached hydrogens (tertiary/aromatic N) is 3. The Balaban J connectivity index is 1.40. The lowest BCUT2D eigenvalue weighted by Crippen LogP contribution is -2.41. The molecule has 160 valence electrons. The number of fused-ring (bicyclic) bond motifs is 1. The molecule has 2 aliphatic rings. The van der Waals surface area contributed by atoms with E-state index in [0.29, 0.717) is 13.2 Å². The molecule has 1 atom stereocenters. The number of hydrogen-bond donors (Lipinski definition) is 1. The molecule has 1 amide bonds. The average molecular weight is 418 g/mol. The fourth-order valence-corrected chi connectivity index (χ4v) is 4.66. The van der Waals surface area contributed by atoms with Crippen molar-refractivity contribution in [2.45, 2.75) is 25.8 Å². The molecule has 0 radical (unpaired) electrons. The van der Waals surface area contributed by atoms with E-state index in [2.05, 4.69) is 27.2 Å². The number of benzene rings is 2. The number of nitrogens with one attached hydrogen (secondary N) is 1. The highest BCUT2D eigenvalue weighted by Crippen LogP contribution is 2.38. The Labute approximate surface area is 181 Å². The number of H-pyrrole nitrogens is 1. The van der Waals surface area contributed by atoms with Crippen LogP contribution in [-0.2, 0) is 11.2 Å². The van der Waals surface area contributed by atoms with E-state index in [4.69, 9.17) is 9.47 Å². The zero-order valence-electron chi connectivity index (χ0n) is 17.8. The van der Waals surface area contributed by atoms with E-state index in [1.807, 2.05) is 42.3 Å². The van der Waals surface area contributed by atoms with Gasteiger partial charge in [-0.1, -0.05) is 0 Å². The molecule has 3 aromatic rings. The van der Waals surface area contributed by atoms with Gasteiger partial charge in [0.2, 0.25) is 5.91 Å². The van der Waals surface area contributed by atoms with Gasteiger partial charge in [-0.15, -0.1) is 0 Å². The third-order valence-electron chi connectivity index (χ3n) is 6.16. The number of carbonyl (C=O) groups is 1. The second kappa shape index (κ2) is 7.98. The van der Waals surface area contributed by atoms with Crippen molar-refractivity contribution < 1.29 is 14.3 Å². The van der Waals surface area contributed by atoms with Gasteiger partial charge >= 0.3 is 0 Å². The Bertz CT molecular complexity index is 1100. The molecule has 3 heterocycles. The van der Waals surface area contributed by atoms with Crippen LogP contribution in [0.3, 0.4) is 0 Å². The number of carbonyl (C=O) groups excluding carboxylic acids is 1. The number of anilines is 2. The van der Waals surface area contributed by atoms with E-state index in [0.717, 1.165) is 53.4 Å². The quantitative estimate of drug-likeness (QED) is 0.662. The predicted molar refractivity (Wildman–Crippen MR) is 120 cm³/mol. The van der Waals surface area contributed by atoms with E-state index < -0.39 is 0 Å². The van der Waals surface area contributed by atoms with E-state index in [9.17, 15) is 4.79 Å². The molecule has 1 unspecified atom stereocenters. The van der Waals surface area contributed by atoms with Crippen LogP contribution in [0.4, 0.5) is 11.4 Å². The molecular weight excluding hydrogens is 392 g/mol. The maximum Gasteiger partial charge on any atom is 0.249 e. The molecule has 0 aliphatic carbocycles. The Kier molecular flexibility index (Phi) is 5.02. The van der Waals surface area contributed by atoms with Crippen LogP contribution in [0.5, 0.6) is 11.5 Å². The molecule has 1 saturated heterocycles. The summed E-state index contributed by atoms with van der Waals surface area (Å²) in [5, 5.41) is 6.88. The zero-order valence-corrected chi connectivity index (χ0v) is 17.8. The molecule has 2 aliphatic heterocycles. The largest absolute Gasteiger partial charge is 0.497 e. The maximum atomic E-state index is 13.4. The van der Waals surface area contributed by atoms with Crippen LogP contribution in [0.15, 0.2) is 48.8 Å². The van der Waals surface area contributed by atoms with Crippen molar-refractivity contribution in [1.82, 2.24) is 10.2 Å². The molecule has 1 N–H and O–H groups in total. The van der Waals surface area contributed by atoms with Gasteiger partial charge in [0.15, 0.2) is 0 Å². The summed E-state index contributed by atoms with van der Waals surface area (Å²) in [7, 11) is 1.68. The normalized spacial score (nSPS) is 17.9. The summed E-state index contributed by atoms with van der Waals surface area (Å²) in [5.41, 5.74) is 5.19. The van der Waals surface area contributed by atoms with E-state index in [1.165, 1.54) is 5.56 Å². The van der Waals surface area contributed by atoms with Crippen LogP contribution < -0.4 is 19.3 Å². The van der Waals surface area contributed by atoms with Gasteiger partial charge in [-0.05, 0) is 55.7 Å². The molecule has 0 spiro atoms. The lowest BCUT2D eigenvalue weighted by Gasteiger charge is -2.26. The molecule has 0 bridgehead atoms. The van der Waals surface area contributed by atoms with Crippen LogP contribution in [0.1, 0.15) is 18.9 Å². The van der Waals surface area contributed by atoms with Crippen molar-refractivity contribution in [3.05, 3.63) is 54.4 Å². The minimum absolute atomic E-state index is 0.140. The van der Waals surface area contributed by atoms with E-state index in [1.54, 1.807) is 13.3 Å². The van der Waals surface area contributed by atoms with Crippen molar-refractivity contribution in [2.75, 3.05) is 36.6 Å². The summed E-state index contributed by atoms with van der Waals surface area (Å²) in [4.78, 5) is 17.5. The first kappa shape index (κ1) is 19.5. The van der Waals surface area contributed by atoms with Gasteiger partial charge in [0, 0.05) is 47.9 Å². The summed E-state index contributed by atoms with van der Waals surface area (Å²) in [5.74, 6) is 1.76. The minimum atomic E-state index is -0.140. The van der Waals surface area contributed by atoms with Crippen molar-refractivity contribution >= 4 is 17.3 Å². The highest BCUT2D eigenvalue weighted by atomic mass is 16.5. The molecule has 1 fully saturated rings. The van der Waals surface area contributed by atoms with Gasteiger partial charge in [0.1, 0.15) is 17.5 Å². The molecule has 5 rings (SSSR count). The van der Waals surface area contributed by atoms with Gasteiger partial charge in [-0.3, -0.25) is 9.89 Å². The molecule has 2 aromatic carbocycles. The number of methoxy groups -OCH3 is 1. The highest BCUT2D eigenvalue weighted by molar-refractivity contribution is 6.02. The van der Waals surface area contributed by atoms with E-state index in [-0.39, 0.29) is 11.9 Å². The molecule has 0 saturated carbocycles. The standard InChI is InChI=1S/C24H26N4O3/c1-3-31-23-13-18(4-6-20(23)17-14-25-26-15-17)27-11-9-22(24(27)29)28-10-8-16-12-19(30-2)5-7-21(16)28/h4-7,12-15,22H,3,8-11H2,1-2H3,(H,25,26). The third-order valence-corrected chi connectivity index (χ3v) is 6.16. The van der Waals surface area contributed by atoms with E-state index >= 15 is 0 Å². The minimum Gasteiger partial charge on any atom is -0.497 e. The number of ether oxygens (including phenoxy) is 2. The molecular formula is C24H26N4O3. The average Bonchev–Trinajstić information content (AvgIpc) is 3.53. The van der Waals surface area contributed by atoms with Crippen LogP contribution in [0.2, 0.25) is 0 Å². The fourth-order valence-electron chi connectivity index (χ4n) is 4.66. The zero-order chi connectivity index (χ0) is 21.4. The van der Waals surface area contributed by atoms with Crippen molar-refractivity contribution in [1.29, 1.82) is 0 Å². The Hall–Kier alpha value is -3.48. The second-order valence-electron chi connectivity index (χ2n) is 7.83. The first-order valence-corrected chi connectivity index (χ1v) is 10.7. The number of amides is 1. The van der Waals surface area contributed by atoms with Crippen LogP contribution in [0, 0.1) is 0 Å². The second-order valence-corrected chi connectivity index (χ2v) is 7.83. The monoisotopic (exact) mass is 418 g/mol. The summed E-state index contributed by atoms with van der Waals surface area (Å²) in [6, 6.07) is 11.9. The van der Waals surface area contributed by atoms with Gasteiger partial charge in [-0.25, -0.2) is 0 Å². The summed E-state index contributed by atoms with van der Waals surface area (Å²) in [6.45, 7) is 4.07. The van der Waals surface area contributed by atoms with Crippen molar-refractivity contribution in [2.24, 2.45) is 0 Å². The van der Waals surface area contributed by atoms with Gasteiger partial charge in [-0.2, -0.15) is 5.10 Å². The lowest BCUT2D eigenvalue weighted by molar-refractivity contribution is -0.118. The number of hydrogen-bond acceptors (Lipinski definition) is 5. The Morgan fingerprint density at radius 3 is 2.87 bits per heavy atom. The lowest BCUT2D eigenvalue weighted by atomic mass is 10.1. The first-order valence-electron chi connectivity index (χ1n) is 10.7. The van der Waals surface area contributed by atoms with Crippen LogP contribution in [0.25, 0.3) is 11.1 Å². The smallest absolute Gasteiger partial charge is 0.249 e. The molecule has 7 nitrogen and oxygen atoms in total. The van der Waals surface area contributed by atoms with Gasteiger partial charge in [0.25, 0.3) is 0 Å². The Morgan fingerprint density at radius 2 is 2.10 bits per heavy atom. The molecule has 1 aromatic heterocycles. The van der Waals surface area contributed by atoms with Crippen molar-refractivity contribution in [3.8, 4) is 22.6 Å². The van der Waals surface area contributed by atoms with Crippen LogP contribution >= 0.6 is 0 Å². The van der Waals surface area contributed by atoms with Crippen molar-refractivity contribution in [3.63, 3.8) is 0 Å². The van der Waals surface area contributed by atoms with Gasteiger partial charge in [0.05, 0.1) is 19.9 Å². The fraction of sp³-hybridized carbons (Fsp3) is 0.333. The SMILES string of the molecule is CCOc1cc(N2CCC(N3CCc4cc(OC)ccc43)C2=O)ccc1-c1cn[nH]c1. The summed E-state index contributed by atoms with van der Waals surface area (Å²) < 4.78 is 11.2. The Morgan fingerprint density at radius 1 is 1.19 bits per heavy atom. The summed E-state index contributed by atoms with van der Waals surface area (Å²) in [6.07, 6.45) is 5.35. The highest BCUT2D eigenvalue weighted by Gasteiger charge is 2.39. The van der Waals surface area contributed by atoms with Gasteiger partial charge < -0.3 is 19.3 Å². The van der Waals surface area contributed by atoms with Crippen LogP contribution in [-0.4, -0.2) is 49.0 Å². The molecule has 7 heteroatoms. The number of rotatable bonds is 6. The predicted octanol–water partition coefficient (Wildman–Crippen LogP) is 3.65. The first-order chi connectivity index (χ1) is 15.2. The topological polar surface area (TPSA) is 70.7 Å². The third kappa shape index (κ3) is 3.40.